The summed E-state index contributed by atoms with van der Waals surface area (Å²) in [4.78, 5) is 10.7. The molecule has 12 heavy (non-hydrogen) atoms. The second kappa shape index (κ2) is 4.06. The molecule has 0 radical (unpaired) electrons. The number of esters is 1. The van der Waals surface area contributed by atoms with Gasteiger partial charge in [-0.1, -0.05) is 6.58 Å². The van der Waals surface area contributed by atoms with E-state index in [1.54, 1.807) is 0 Å². The molecule has 0 unspecified atom stereocenters. The fourth-order valence-electron chi connectivity index (χ4n) is 0.291. The van der Waals surface area contributed by atoms with Gasteiger partial charge >= 0.3 is 5.97 Å². The van der Waals surface area contributed by atoms with Crippen molar-refractivity contribution in [2.75, 3.05) is 6.26 Å². The van der Waals surface area contributed by atoms with E-state index in [2.05, 4.69) is 11.3 Å². The normalized spacial score (nSPS) is 11.5. The predicted molar refractivity (Wildman–Crippen MR) is 44.9 cm³/mol. The fourth-order valence-corrected chi connectivity index (χ4v) is 0.548. The standard InChI is InChI=1S/C7H10O4S/c1-6(2)7(8)11-4-5-12(3,9)10/h4-5H,1H2,2-3H3. The smallest absolute Gasteiger partial charge is 0.337 e. The number of hydrogen-bond acceptors (Lipinski definition) is 4. The Morgan fingerprint density at radius 1 is 1.50 bits per heavy atom. The fraction of sp³-hybridized carbons (Fsp3) is 0.286. The minimum Gasteiger partial charge on any atom is -0.430 e. The van der Waals surface area contributed by atoms with Gasteiger partial charge < -0.3 is 4.74 Å². The van der Waals surface area contributed by atoms with Crippen LogP contribution in [-0.4, -0.2) is 20.6 Å². The Morgan fingerprint density at radius 2 is 2.00 bits per heavy atom. The highest BCUT2D eigenvalue weighted by Crippen LogP contribution is 1.94. The third-order valence-electron chi connectivity index (χ3n) is 0.826. The molecule has 0 atom stereocenters. The number of carbonyl (C=O) groups is 1. The van der Waals surface area contributed by atoms with Gasteiger partial charge in [-0.3, -0.25) is 0 Å². The number of carbonyl (C=O) groups excluding carboxylic acids is 1. The molecule has 0 fully saturated rings. The lowest BCUT2D eigenvalue weighted by Crippen LogP contribution is -2.00. The highest BCUT2D eigenvalue weighted by atomic mass is 32.2. The van der Waals surface area contributed by atoms with Crippen LogP contribution in [0.25, 0.3) is 0 Å². The topological polar surface area (TPSA) is 60.4 Å². The van der Waals surface area contributed by atoms with Crippen LogP contribution in [0.4, 0.5) is 0 Å². The Bertz CT molecular complexity index is 310. The molecule has 4 nitrogen and oxygen atoms in total. The van der Waals surface area contributed by atoms with Crippen LogP contribution in [0.15, 0.2) is 23.8 Å². The SMILES string of the molecule is C=C(C)C(=O)OC=CS(C)(=O)=O. The summed E-state index contributed by atoms with van der Waals surface area (Å²) in [5, 5.41) is 0.799. The van der Waals surface area contributed by atoms with E-state index in [-0.39, 0.29) is 5.57 Å². The van der Waals surface area contributed by atoms with Gasteiger partial charge in [0.05, 0.1) is 5.41 Å². The molecule has 0 aromatic carbocycles. The zero-order valence-electron chi connectivity index (χ0n) is 6.90. The van der Waals surface area contributed by atoms with Crippen molar-refractivity contribution in [2.24, 2.45) is 0 Å². The van der Waals surface area contributed by atoms with Gasteiger partial charge in [-0.15, -0.1) is 0 Å². The molecule has 0 aliphatic heterocycles. The van der Waals surface area contributed by atoms with Gasteiger partial charge in [-0.25, -0.2) is 13.2 Å². The van der Waals surface area contributed by atoms with Gasteiger partial charge in [-0.05, 0) is 6.92 Å². The summed E-state index contributed by atoms with van der Waals surface area (Å²) in [5.74, 6) is -0.644. The summed E-state index contributed by atoms with van der Waals surface area (Å²) < 4.78 is 25.3. The molecular formula is C7H10O4S. The van der Waals surface area contributed by atoms with E-state index in [4.69, 9.17) is 0 Å². The van der Waals surface area contributed by atoms with Crippen LogP contribution in [0, 0.1) is 0 Å². The second-order valence-electron chi connectivity index (χ2n) is 2.29. The van der Waals surface area contributed by atoms with Crippen molar-refractivity contribution < 1.29 is 17.9 Å². The van der Waals surface area contributed by atoms with Crippen molar-refractivity contribution in [2.45, 2.75) is 6.92 Å². The summed E-state index contributed by atoms with van der Waals surface area (Å²) in [6.07, 6.45) is 1.82. The first-order valence-corrected chi connectivity index (χ1v) is 5.01. The van der Waals surface area contributed by atoms with Gasteiger partial charge in [0.1, 0.15) is 6.26 Å². The van der Waals surface area contributed by atoms with E-state index < -0.39 is 15.8 Å². The highest BCUT2D eigenvalue weighted by Gasteiger charge is 2.00. The number of rotatable bonds is 3. The lowest BCUT2D eigenvalue weighted by atomic mass is 10.4. The Labute approximate surface area is 71.5 Å². The minimum atomic E-state index is -3.23. The van der Waals surface area contributed by atoms with Gasteiger partial charge in [0.15, 0.2) is 9.84 Å². The molecule has 0 aromatic heterocycles. The maximum Gasteiger partial charge on any atom is 0.337 e. The summed E-state index contributed by atoms with van der Waals surface area (Å²) >= 11 is 0. The molecular weight excluding hydrogens is 180 g/mol. The summed E-state index contributed by atoms with van der Waals surface area (Å²) in [7, 11) is -3.23. The van der Waals surface area contributed by atoms with Crippen molar-refractivity contribution in [1.29, 1.82) is 0 Å². The molecule has 0 rings (SSSR count). The Hall–Kier alpha value is -1.10. The molecule has 0 amide bonds. The summed E-state index contributed by atoms with van der Waals surface area (Å²) in [5.41, 5.74) is 0.216. The van der Waals surface area contributed by atoms with E-state index >= 15 is 0 Å². The molecule has 5 heteroatoms. The Morgan fingerprint density at radius 3 is 2.33 bits per heavy atom. The van der Waals surface area contributed by atoms with E-state index in [1.807, 2.05) is 0 Å². The van der Waals surface area contributed by atoms with Gasteiger partial charge in [0.25, 0.3) is 0 Å². The van der Waals surface area contributed by atoms with Crippen molar-refractivity contribution in [3.8, 4) is 0 Å². The molecule has 0 spiro atoms. The minimum absolute atomic E-state index is 0.216. The van der Waals surface area contributed by atoms with E-state index in [0.717, 1.165) is 17.9 Å². The number of ether oxygens (including phenoxy) is 1. The second-order valence-corrected chi connectivity index (χ2v) is 4.22. The first-order valence-electron chi connectivity index (χ1n) is 3.06. The molecule has 0 saturated carbocycles. The van der Waals surface area contributed by atoms with Gasteiger partial charge in [-0.2, -0.15) is 0 Å². The van der Waals surface area contributed by atoms with Gasteiger partial charge in [0.2, 0.25) is 0 Å². The van der Waals surface area contributed by atoms with Crippen LogP contribution >= 0.6 is 0 Å². The first kappa shape index (κ1) is 10.9. The van der Waals surface area contributed by atoms with E-state index in [1.165, 1.54) is 6.92 Å². The zero-order chi connectivity index (χ0) is 9.78. The molecule has 0 N–H and O–H groups in total. The van der Waals surface area contributed by atoms with Crippen LogP contribution in [-0.2, 0) is 19.4 Å². The molecule has 0 aromatic rings. The van der Waals surface area contributed by atoms with E-state index in [0.29, 0.717) is 0 Å². The van der Waals surface area contributed by atoms with Crippen molar-refractivity contribution in [3.63, 3.8) is 0 Å². The molecule has 68 valence electrons. The van der Waals surface area contributed by atoms with Crippen LogP contribution < -0.4 is 0 Å². The highest BCUT2D eigenvalue weighted by molar-refractivity contribution is 7.93. The average Bonchev–Trinajstić information content (AvgIpc) is 1.84. The summed E-state index contributed by atoms with van der Waals surface area (Å²) in [6, 6.07) is 0. The average molecular weight is 190 g/mol. The first-order chi connectivity index (χ1) is 5.33. The summed E-state index contributed by atoms with van der Waals surface area (Å²) in [6.45, 7) is 4.78. The largest absolute Gasteiger partial charge is 0.430 e. The Kier molecular flexibility index (Phi) is 3.69. The molecule has 0 aliphatic carbocycles. The van der Waals surface area contributed by atoms with Crippen LogP contribution in [0.3, 0.4) is 0 Å². The maximum atomic E-state index is 10.7. The third-order valence-corrected chi connectivity index (χ3v) is 1.43. The quantitative estimate of drug-likeness (QED) is 0.372. The molecule has 0 heterocycles. The van der Waals surface area contributed by atoms with Crippen molar-refractivity contribution in [1.82, 2.24) is 0 Å². The van der Waals surface area contributed by atoms with Crippen molar-refractivity contribution in [3.05, 3.63) is 23.8 Å². The molecule has 0 saturated heterocycles. The number of hydrogen-bond donors (Lipinski definition) is 0. The van der Waals surface area contributed by atoms with Crippen LogP contribution in [0.5, 0.6) is 0 Å². The third kappa shape index (κ3) is 5.67. The Balaban J connectivity index is 4.10. The lowest BCUT2D eigenvalue weighted by Gasteiger charge is -1.94. The predicted octanol–water partition coefficient (Wildman–Crippen LogP) is 0.621. The van der Waals surface area contributed by atoms with E-state index in [9.17, 15) is 13.2 Å². The number of sulfone groups is 1. The van der Waals surface area contributed by atoms with Crippen molar-refractivity contribution >= 4 is 15.8 Å². The lowest BCUT2D eigenvalue weighted by molar-refractivity contribution is -0.133. The zero-order valence-corrected chi connectivity index (χ0v) is 7.72. The van der Waals surface area contributed by atoms with Crippen LogP contribution in [0.2, 0.25) is 0 Å². The maximum absolute atomic E-state index is 10.7. The molecule has 0 aliphatic rings. The molecule has 0 bridgehead atoms. The monoisotopic (exact) mass is 190 g/mol. The van der Waals surface area contributed by atoms with Gasteiger partial charge in [0, 0.05) is 11.8 Å². The van der Waals surface area contributed by atoms with Crippen LogP contribution in [0.1, 0.15) is 6.92 Å².